The minimum atomic E-state index is -2.45. The first kappa shape index (κ1) is 12.4. The topological polar surface area (TPSA) is 17.1 Å². The molecule has 1 aliphatic heterocycles. The van der Waals surface area contributed by atoms with Crippen LogP contribution in [0.4, 0.5) is 0 Å². The number of hydrogen-bond donors (Lipinski definition) is 0. The molecule has 1 aromatic carbocycles. The SMILES string of the molecule is O=P1(c2ccccc2)C(I)=C2CCCC2=C1I. The zero-order valence-corrected chi connectivity index (χ0v) is 14.3. The van der Waals surface area contributed by atoms with Gasteiger partial charge in [-0.05, 0) is 75.6 Å². The highest BCUT2D eigenvalue weighted by Gasteiger charge is 2.43. The van der Waals surface area contributed by atoms with E-state index >= 15 is 0 Å². The van der Waals surface area contributed by atoms with Gasteiger partial charge in [0.1, 0.15) is 0 Å². The molecule has 0 saturated heterocycles. The van der Waals surface area contributed by atoms with Crippen molar-refractivity contribution in [2.24, 2.45) is 0 Å². The maximum absolute atomic E-state index is 13.4. The van der Waals surface area contributed by atoms with Crippen molar-refractivity contribution in [2.75, 3.05) is 0 Å². The van der Waals surface area contributed by atoms with Crippen LogP contribution in [0, 0.1) is 0 Å². The molecule has 2 aliphatic rings. The van der Waals surface area contributed by atoms with Crippen LogP contribution in [0.2, 0.25) is 0 Å². The standard InChI is InChI=1S/C13H11I2OP/c14-12-10-7-4-8-11(10)13(15)17(12,16)9-5-2-1-3-6-9/h1-3,5-6H,4,7-8H2. The van der Waals surface area contributed by atoms with Crippen LogP contribution in [0.25, 0.3) is 0 Å². The lowest BCUT2D eigenvalue weighted by Crippen LogP contribution is -2.02. The molecule has 0 unspecified atom stereocenters. The van der Waals surface area contributed by atoms with Gasteiger partial charge in [0.05, 0.1) is 6.64 Å². The van der Waals surface area contributed by atoms with Crippen molar-refractivity contribution >= 4 is 57.6 Å². The lowest BCUT2D eigenvalue weighted by atomic mass is 10.2. The largest absolute Gasteiger partial charge is 0.308 e. The number of rotatable bonds is 1. The smallest absolute Gasteiger partial charge is 0.183 e. The molecule has 0 amide bonds. The Labute approximate surface area is 128 Å². The van der Waals surface area contributed by atoms with Crippen molar-refractivity contribution in [1.82, 2.24) is 0 Å². The Morgan fingerprint density at radius 1 is 0.941 bits per heavy atom. The zero-order chi connectivity index (χ0) is 12.0. The van der Waals surface area contributed by atoms with Crippen molar-refractivity contribution in [1.29, 1.82) is 0 Å². The molecular formula is C13H11I2OP. The van der Waals surface area contributed by atoms with Crippen LogP contribution < -0.4 is 5.30 Å². The second-order valence-corrected chi connectivity index (χ2v) is 10.8. The Bertz CT molecular complexity index is 557. The molecule has 1 fully saturated rings. The van der Waals surface area contributed by atoms with E-state index in [0.29, 0.717) is 0 Å². The number of hydrogen-bond acceptors (Lipinski definition) is 1. The summed E-state index contributed by atoms with van der Waals surface area (Å²) in [6, 6.07) is 9.94. The highest BCUT2D eigenvalue weighted by atomic mass is 127. The van der Waals surface area contributed by atoms with Gasteiger partial charge >= 0.3 is 0 Å². The lowest BCUT2D eigenvalue weighted by molar-refractivity contribution is 0.591. The third-order valence-corrected chi connectivity index (χ3v) is 11.4. The molecule has 0 N–H and O–H groups in total. The Balaban J connectivity index is 2.24. The number of halogens is 2. The van der Waals surface area contributed by atoms with E-state index in [1.807, 2.05) is 30.3 Å². The van der Waals surface area contributed by atoms with Gasteiger partial charge in [0, 0.05) is 5.30 Å². The molecule has 4 heteroatoms. The van der Waals surface area contributed by atoms with E-state index in [2.05, 4.69) is 45.2 Å². The van der Waals surface area contributed by atoms with E-state index in [0.717, 1.165) is 24.8 Å². The van der Waals surface area contributed by atoms with Gasteiger partial charge in [-0.1, -0.05) is 30.3 Å². The highest BCUT2D eigenvalue weighted by Crippen LogP contribution is 2.73. The molecule has 0 radical (unpaired) electrons. The first-order chi connectivity index (χ1) is 8.15. The molecule has 1 aliphatic carbocycles. The van der Waals surface area contributed by atoms with Crippen molar-refractivity contribution in [3.63, 3.8) is 0 Å². The van der Waals surface area contributed by atoms with Crippen molar-refractivity contribution in [3.05, 3.63) is 48.1 Å². The van der Waals surface area contributed by atoms with Gasteiger partial charge in [-0.2, -0.15) is 0 Å². The number of allylic oxidation sites excluding steroid dienone is 2. The van der Waals surface area contributed by atoms with E-state index in [9.17, 15) is 4.57 Å². The molecule has 1 saturated carbocycles. The summed E-state index contributed by atoms with van der Waals surface area (Å²) < 4.78 is 15.6. The normalized spacial score (nSPS) is 22.2. The van der Waals surface area contributed by atoms with Crippen LogP contribution in [0.15, 0.2) is 48.1 Å². The fraction of sp³-hybridized carbons (Fsp3) is 0.231. The highest BCUT2D eigenvalue weighted by molar-refractivity contribution is 14.1. The molecular weight excluding hydrogens is 457 g/mol. The summed E-state index contributed by atoms with van der Waals surface area (Å²) >= 11 is 4.63. The second-order valence-electron chi connectivity index (χ2n) is 4.34. The summed E-state index contributed by atoms with van der Waals surface area (Å²) in [5, 5.41) is 0.989. The number of fused-ring (bicyclic) bond motifs is 1. The maximum Gasteiger partial charge on any atom is 0.183 e. The average Bonchev–Trinajstić information content (AvgIpc) is 2.91. The minimum Gasteiger partial charge on any atom is -0.308 e. The third kappa shape index (κ3) is 1.72. The molecule has 1 heterocycles. The molecule has 1 nitrogen and oxygen atoms in total. The molecule has 0 bridgehead atoms. The molecule has 17 heavy (non-hydrogen) atoms. The molecule has 1 aromatic rings. The Kier molecular flexibility index (Phi) is 3.28. The summed E-state index contributed by atoms with van der Waals surface area (Å²) in [4.78, 5) is 0. The van der Waals surface area contributed by atoms with Gasteiger partial charge in [0.25, 0.3) is 0 Å². The fourth-order valence-electron chi connectivity index (χ4n) is 2.53. The van der Waals surface area contributed by atoms with Crippen molar-refractivity contribution in [3.8, 4) is 0 Å². The van der Waals surface area contributed by atoms with Gasteiger partial charge in [0.15, 0.2) is 7.14 Å². The Hall–Kier alpha value is 0.390. The van der Waals surface area contributed by atoms with E-state index in [1.165, 1.54) is 17.6 Å². The molecule has 0 spiro atoms. The maximum atomic E-state index is 13.4. The summed E-state index contributed by atoms with van der Waals surface area (Å²) in [7, 11) is -2.45. The fourth-order valence-corrected chi connectivity index (χ4v) is 10.7. The predicted molar refractivity (Wildman–Crippen MR) is 89.6 cm³/mol. The van der Waals surface area contributed by atoms with Gasteiger partial charge in [-0.3, -0.25) is 0 Å². The van der Waals surface area contributed by atoms with Crippen molar-refractivity contribution in [2.45, 2.75) is 19.3 Å². The van der Waals surface area contributed by atoms with Gasteiger partial charge in [0.2, 0.25) is 0 Å². The van der Waals surface area contributed by atoms with Crippen LogP contribution >= 0.6 is 52.3 Å². The molecule has 88 valence electrons. The van der Waals surface area contributed by atoms with Crippen molar-refractivity contribution < 1.29 is 4.57 Å². The summed E-state index contributed by atoms with van der Waals surface area (Å²) in [5.74, 6) is 0. The minimum absolute atomic E-state index is 0.989. The lowest BCUT2D eigenvalue weighted by Gasteiger charge is -2.15. The van der Waals surface area contributed by atoms with Gasteiger partial charge in [-0.15, -0.1) is 0 Å². The van der Waals surface area contributed by atoms with E-state index in [-0.39, 0.29) is 0 Å². The summed E-state index contributed by atoms with van der Waals surface area (Å²) in [6.07, 6.45) is 3.44. The first-order valence-electron chi connectivity index (χ1n) is 5.60. The van der Waals surface area contributed by atoms with Crippen LogP contribution in [0.1, 0.15) is 19.3 Å². The average molecular weight is 468 g/mol. The Morgan fingerprint density at radius 3 is 2.00 bits per heavy atom. The molecule has 0 atom stereocenters. The molecule has 0 aromatic heterocycles. The number of benzene rings is 1. The predicted octanol–water partition coefficient (Wildman–Crippen LogP) is 5.17. The van der Waals surface area contributed by atoms with E-state index < -0.39 is 7.14 Å². The summed E-state index contributed by atoms with van der Waals surface area (Å²) in [6.45, 7) is 0. The second kappa shape index (κ2) is 4.49. The quantitative estimate of drug-likeness (QED) is 0.411. The third-order valence-electron chi connectivity index (χ3n) is 3.39. The van der Waals surface area contributed by atoms with E-state index in [1.54, 1.807) is 0 Å². The van der Waals surface area contributed by atoms with Crippen LogP contribution in [0.5, 0.6) is 0 Å². The van der Waals surface area contributed by atoms with E-state index in [4.69, 9.17) is 0 Å². The first-order valence-corrected chi connectivity index (χ1v) is 9.46. The van der Waals surface area contributed by atoms with Crippen LogP contribution in [0.3, 0.4) is 0 Å². The monoisotopic (exact) mass is 468 g/mol. The molecule has 3 rings (SSSR count). The van der Waals surface area contributed by atoms with Crippen LogP contribution in [-0.2, 0) is 4.57 Å². The summed E-state index contributed by atoms with van der Waals surface area (Å²) in [5.41, 5.74) is 2.75. The van der Waals surface area contributed by atoms with Gasteiger partial charge in [-0.25, -0.2) is 0 Å². The van der Waals surface area contributed by atoms with Gasteiger partial charge < -0.3 is 4.57 Å². The zero-order valence-electron chi connectivity index (χ0n) is 9.12. The Morgan fingerprint density at radius 2 is 1.47 bits per heavy atom. The van der Waals surface area contributed by atoms with Crippen LogP contribution in [-0.4, -0.2) is 0 Å².